The molecule has 1 aliphatic heterocycles. The summed E-state index contributed by atoms with van der Waals surface area (Å²) in [4.78, 5) is 22.0. The van der Waals surface area contributed by atoms with Crippen LogP contribution in [-0.4, -0.2) is 92.5 Å². The van der Waals surface area contributed by atoms with Gasteiger partial charge in [-0.3, -0.25) is 9.79 Å². The molecule has 0 aliphatic carbocycles. The van der Waals surface area contributed by atoms with Crippen molar-refractivity contribution in [1.29, 1.82) is 0 Å². The van der Waals surface area contributed by atoms with E-state index in [4.69, 9.17) is 42.9 Å². The quantitative estimate of drug-likeness (QED) is 0.130. The number of aliphatic imine (C=N–C) groups is 1. The van der Waals surface area contributed by atoms with E-state index in [9.17, 15) is 4.79 Å². The molecule has 4 aromatic carbocycles. The fourth-order valence-electron chi connectivity index (χ4n) is 6.73. The van der Waals surface area contributed by atoms with Crippen LogP contribution < -0.4 is 37.9 Å². The Hall–Kier alpha value is -5.58. The van der Waals surface area contributed by atoms with Gasteiger partial charge in [-0.05, 0) is 61.1 Å². The minimum Gasteiger partial charge on any atom is -0.493 e. The van der Waals surface area contributed by atoms with Crippen molar-refractivity contribution in [3.8, 4) is 46.0 Å². The number of methoxy groups -OCH3 is 8. The lowest BCUT2D eigenvalue weighted by atomic mass is 9.89. The molecule has 5 rings (SSSR count). The van der Waals surface area contributed by atoms with Gasteiger partial charge < -0.3 is 42.8 Å². The molecule has 0 saturated heterocycles. The highest BCUT2D eigenvalue weighted by Gasteiger charge is 2.31. The number of fused-ring (bicyclic) bond motifs is 1. The lowest BCUT2D eigenvalue weighted by Crippen LogP contribution is -2.42. The van der Waals surface area contributed by atoms with E-state index < -0.39 is 0 Å². The molecule has 4 aromatic rings. The first kappa shape index (κ1) is 37.7. The van der Waals surface area contributed by atoms with E-state index >= 15 is 0 Å². The van der Waals surface area contributed by atoms with Crippen LogP contribution in [-0.2, 0) is 30.5 Å². The average Bonchev–Trinajstić information content (AvgIpc) is 3.19. The number of ether oxygens (including phenoxy) is 8. The standard InChI is InChI=1S/C41H48N2O9/c1-45-32-16-14-27(37(49-5)39(32)51-7)18-20-43(21-19-28-15-17-33(46-2)40(52-8)38(28)50-6)41(44)36-31-25-35(48-4)34(47-3)24-29(31)23-30(42-36)22-26-12-10-9-11-13-26/h9-17,24-25,30H,18-23H2,1-8H3. The molecule has 0 saturated carbocycles. The lowest BCUT2D eigenvalue weighted by molar-refractivity contribution is -0.124. The second-order valence-corrected chi connectivity index (χ2v) is 12.2. The molecule has 1 unspecified atom stereocenters. The van der Waals surface area contributed by atoms with Crippen LogP contribution in [0.25, 0.3) is 0 Å². The summed E-state index contributed by atoms with van der Waals surface area (Å²) in [6.45, 7) is 0.705. The second-order valence-electron chi connectivity index (χ2n) is 12.2. The summed E-state index contributed by atoms with van der Waals surface area (Å²) in [5.41, 5.74) is 4.94. The van der Waals surface area contributed by atoms with Crippen molar-refractivity contribution in [2.45, 2.75) is 31.7 Å². The first-order chi connectivity index (χ1) is 25.3. The van der Waals surface area contributed by atoms with Gasteiger partial charge in [-0.25, -0.2) is 0 Å². The summed E-state index contributed by atoms with van der Waals surface area (Å²) in [5.74, 6) is 4.12. The van der Waals surface area contributed by atoms with E-state index in [0.29, 0.717) is 90.5 Å². The van der Waals surface area contributed by atoms with Crippen LogP contribution in [0.15, 0.2) is 71.7 Å². The third kappa shape index (κ3) is 7.98. The van der Waals surface area contributed by atoms with Crippen molar-refractivity contribution >= 4 is 11.6 Å². The Morgan fingerprint density at radius 1 is 0.615 bits per heavy atom. The zero-order valence-electron chi connectivity index (χ0n) is 31.2. The SMILES string of the molecule is COc1cc2c(cc1OC)C(C(=O)N(CCc1ccc(OC)c(OC)c1OC)CCc1ccc(OC)c(OC)c1OC)=NC(Cc1ccccc1)C2. The molecule has 0 bridgehead atoms. The predicted octanol–water partition coefficient (Wildman–Crippen LogP) is 6.03. The van der Waals surface area contributed by atoms with Crippen molar-refractivity contribution in [2.75, 3.05) is 70.0 Å². The number of benzene rings is 4. The topological polar surface area (TPSA) is 107 Å². The molecule has 276 valence electrons. The van der Waals surface area contributed by atoms with E-state index in [1.165, 1.54) is 0 Å². The Labute approximate surface area is 306 Å². The fraction of sp³-hybridized carbons (Fsp3) is 0.366. The predicted molar refractivity (Wildman–Crippen MR) is 200 cm³/mol. The number of hydrogen-bond acceptors (Lipinski definition) is 10. The Morgan fingerprint density at radius 3 is 1.60 bits per heavy atom. The van der Waals surface area contributed by atoms with Gasteiger partial charge in [0, 0.05) is 29.8 Å². The van der Waals surface area contributed by atoms with Crippen LogP contribution in [0.4, 0.5) is 0 Å². The molecule has 1 aliphatic rings. The molecule has 0 N–H and O–H groups in total. The number of carbonyl (C=O) groups excluding carboxylic acids is 1. The van der Waals surface area contributed by atoms with Crippen LogP contribution in [0.3, 0.4) is 0 Å². The van der Waals surface area contributed by atoms with Crippen molar-refractivity contribution in [3.63, 3.8) is 0 Å². The highest BCUT2D eigenvalue weighted by atomic mass is 16.5. The maximum atomic E-state index is 15.0. The van der Waals surface area contributed by atoms with E-state index in [1.54, 1.807) is 56.9 Å². The fourth-order valence-corrected chi connectivity index (χ4v) is 6.73. The number of hydrogen-bond donors (Lipinski definition) is 0. The van der Waals surface area contributed by atoms with Crippen molar-refractivity contribution in [3.05, 3.63) is 94.5 Å². The summed E-state index contributed by atoms with van der Waals surface area (Å²) < 4.78 is 45.2. The number of nitrogens with zero attached hydrogens (tertiary/aromatic N) is 2. The molecule has 0 spiro atoms. The van der Waals surface area contributed by atoms with Gasteiger partial charge in [0.1, 0.15) is 5.71 Å². The molecule has 11 nitrogen and oxygen atoms in total. The van der Waals surface area contributed by atoms with Crippen LogP contribution >= 0.6 is 0 Å². The van der Waals surface area contributed by atoms with Gasteiger partial charge in [-0.1, -0.05) is 42.5 Å². The first-order valence-corrected chi connectivity index (χ1v) is 17.1. The largest absolute Gasteiger partial charge is 0.493 e. The molecule has 1 amide bonds. The molecule has 1 atom stereocenters. The molecule has 0 aromatic heterocycles. The highest BCUT2D eigenvalue weighted by Crippen LogP contribution is 2.41. The summed E-state index contributed by atoms with van der Waals surface area (Å²) in [5, 5.41) is 0. The highest BCUT2D eigenvalue weighted by molar-refractivity contribution is 6.46. The van der Waals surface area contributed by atoms with Gasteiger partial charge in [0.25, 0.3) is 5.91 Å². The second kappa shape index (κ2) is 17.6. The normalized spacial score (nSPS) is 13.3. The lowest BCUT2D eigenvalue weighted by Gasteiger charge is -2.29. The Kier molecular flexibility index (Phi) is 12.7. The minimum atomic E-state index is -0.204. The minimum absolute atomic E-state index is 0.161. The Bertz CT molecular complexity index is 1810. The van der Waals surface area contributed by atoms with E-state index in [1.807, 2.05) is 59.5 Å². The van der Waals surface area contributed by atoms with Crippen LogP contribution in [0, 0.1) is 0 Å². The zero-order valence-corrected chi connectivity index (χ0v) is 31.2. The van der Waals surface area contributed by atoms with E-state index in [2.05, 4.69) is 12.1 Å². The molecule has 52 heavy (non-hydrogen) atoms. The Morgan fingerprint density at radius 2 is 1.12 bits per heavy atom. The average molecular weight is 713 g/mol. The van der Waals surface area contributed by atoms with Crippen LogP contribution in [0.2, 0.25) is 0 Å². The summed E-state index contributed by atoms with van der Waals surface area (Å²) in [6, 6.07) is 21.4. The number of carbonyl (C=O) groups is 1. The monoisotopic (exact) mass is 712 g/mol. The van der Waals surface area contributed by atoms with E-state index in [-0.39, 0.29) is 11.9 Å². The maximum absolute atomic E-state index is 15.0. The molecule has 0 radical (unpaired) electrons. The number of amides is 1. The van der Waals surface area contributed by atoms with Gasteiger partial charge in [-0.15, -0.1) is 0 Å². The zero-order chi connectivity index (χ0) is 37.2. The van der Waals surface area contributed by atoms with Crippen LogP contribution in [0.1, 0.15) is 27.8 Å². The third-order valence-corrected chi connectivity index (χ3v) is 9.31. The molecule has 1 heterocycles. The number of rotatable bonds is 17. The Balaban J connectivity index is 1.56. The van der Waals surface area contributed by atoms with Crippen molar-refractivity contribution in [2.24, 2.45) is 4.99 Å². The third-order valence-electron chi connectivity index (χ3n) is 9.31. The summed E-state index contributed by atoms with van der Waals surface area (Å²) >= 11 is 0. The summed E-state index contributed by atoms with van der Waals surface area (Å²) in [7, 11) is 12.7. The molecule has 0 fully saturated rings. The first-order valence-electron chi connectivity index (χ1n) is 17.1. The molecular formula is C41H48N2O9. The van der Waals surface area contributed by atoms with Gasteiger partial charge in [-0.2, -0.15) is 0 Å². The molecular weight excluding hydrogens is 664 g/mol. The van der Waals surface area contributed by atoms with Crippen molar-refractivity contribution in [1.82, 2.24) is 4.90 Å². The van der Waals surface area contributed by atoms with Crippen molar-refractivity contribution < 1.29 is 42.7 Å². The smallest absolute Gasteiger partial charge is 0.272 e. The molecule has 11 heteroatoms. The van der Waals surface area contributed by atoms with Crippen LogP contribution in [0.5, 0.6) is 46.0 Å². The van der Waals surface area contributed by atoms with Gasteiger partial charge in [0.05, 0.1) is 62.9 Å². The van der Waals surface area contributed by atoms with Gasteiger partial charge in [0.2, 0.25) is 11.5 Å². The maximum Gasteiger partial charge on any atom is 0.272 e. The van der Waals surface area contributed by atoms with Gasteiger partial charge >= 0.3 is 0 Å². The summed E-state index contributed by atoms with van der Waals surface area (Å²) in [6.07, 6.45) is 2.26. The van der Waals surface area contributed by atoms with E-state index in [0.717, 1.165) is 27.8 Å². The van der Waals surface area contributed by atoms with Gasteiger partial charge in [0.15, 0.2) is 34.5 Å².